The number of halogens is 1. The van der Waals surface area contributed by atoms with Crippen molar-refractivity contribution in [3.05, 3.63) is 47.1 Å². The van der Waals surface area contributed by atoms with E-state index in [1.54, 1.807) is 0 Å². The lowest BCUT2D eigenvalue weighted by Gasteiger charge is -2.32. The Kier molecular flexibility index (Phi) is 4.96. The molecule has 1 aliphatic carbocycles. The van der Waals surface area contributed by atoms with Gasteiger partial charge in [-0.2, -0.15) is 4.98 Å². The standard InChI is InChI=1S/C19H23ClN4O2/c20-16-5-3-15(4-6-16)19(7-8-19)18(25)21-10-14-2-1-9-24(11-14)12-17-22-13-26-23-17/h3-6,13-14H,1-2,7-12H2,(H,21,25)/t14-/m1/s1. The molecule has 0 bridgehead atoms. The molecule has 0 spiro atoms. The normalized spacial score (nSPS) is 22.1. The monoisotopic (exact) mass is 374 g/mol. The zero-order chi connectivity index (χ0) is 18.0. The fraction of sp³-hybridized carbons (Fsp3) is 0.526. The highest BCUT2D eigenvalue weighted by atomic mass is 35.5. The quantitative estimate of drug-likeness (QED) is 0.841. The molecule has 1 aromatic carbocycles. The SMILES string of the molecule is O=C(NC[C@H]1CCCN(Cc2ncon2)C1)C1(c2ccc(Cl)cc2)CC1. The van der Waals surface area contributed by atoms with Crippen LogP contribution in [0.3, 0.4) is 0 Å². The van der Waals surface area contributed by atoms with Crippen molar-refractivity contribution in [2.24, 2.45) is 5.92 Å². The fourth-order valence-corrected chi connectivity index (χ4v) is 4.00. The average Bonchev–Trinajstić information content (AvgIpc) is 3.31. The predicted molar refractivity (Wildman–Crippen MR) is 97.7 cm³/mol. The Morgan fingerprint density at radius 3 is 2.85 bits per heavy atom. The summed E-state index contributed by atoms with van der Waals surface area (Å²) in [5.74, 6) is 1.32. The Labute approximate surface area is 157 Å². The number of carbonyl (C=O) groups is 1. The number of benzene rings is 1. The van der Waals surface area contributed by atoms with Crippen LogP contribution in [0, 0.1) is 5.92 Å². The van der Waals surface area contributed by atoms with Crippen molar-refractivity contribution >= 4 is 17.5 Å². The molecule has 6 nitrogen and oxygen atoms in total. The van der Waals surface area contributed by atoms with E-state index < -0.39 is 0 Å². The van der Waals surface area contributed by atoms with Crippen molar-refractivity contribution in [1.29, 1.82) is 0 Å². The molecular weight excluding hydrogens is 352 g/mol. The first-order valence-corrected chi connectivity index (χ1v) is 9.55. The molecule has 1 aromatic heterocycles. The molecule has 1 N–H and O–H groups in total. The molecule has 0 radical (unpaired) electrons. The summed E-state index contributed by atoms with van der Waals surface area (Å²) in [7, 11) is 0. The van der Waals surface area contributed by atoms with E-state index in [4.69, 9.17) is 16.1 Å². The third-order valence-corrected chi connectivity index (χ3v) is 5.76. The first-order valence-electron chi connectivity index (χ1n) is 9.18. The summed E-state index contributed by atoms with van der Waals surface area (Å²) < 4.78 is 4.80. The summed E-state index contributed by atoms with van der Waals surface area (Å²) in [6.07, 6.45) is 5.45. The molecule has 1 aliphatic heterocycles. The second kappa shape index (κ2) is 7.37. The van der Waals surface area contributed by atoms with Gasteiger partial charge in [0.2, 0.25) is 12.3 Å². The van der Waals surface area contributed by atoms with Gasteiger partial charge in [-0.15, -0.1) is 0 Å². The van der Waals surface area contributed by atoms with Crippen molar-refractivity contribution in [1.82, 2.24) is 20.4 Å². The Morgan fingerprint density at radius 1 is 1.35 bits per heavy atom. The van der Waals surface area contributed by atoms with Crippen LogP contribution in [0.5, 0.6) is 0 Å². The zero-order valence-electron chi connectivity index (χ0n) is 14.7. The number of amides is 1. The summed E-state index contributed by atoms with van der Waals surface area (Å²) in [6, 6.07) is 7.67. The molecule has 7 heteroatoms. The summed E-state index contributed by atoms with van der Waals surface area (Å²) in [4.78, 5) is 19.2. The second-order valence-electron chi connectivity index (χ2n) is 7.39. The van der Waals surface area contributed by atoms with Crippen molar-refractivity contribution < 1.29 is 9.32 Å². The van der Waals surface area contributed by atoms with Crippen LogP contribution in [0.15, 0.2) is 35.2 Å². The molecule has 2 heterocycles. The van der Waals surface area contributed by atoms with Crippen LogP contribution in [-0.4, -0.2) is 40.6 Å². The number of nitrogens with one attached hydrogen (secondary N) is 1. The fourth-order valence-electron chi connectivity index (χ4n) is 3.87. The molecule has 1 saturated heterocycles. The highest BCUT2D eigenvalue weighted by Crippen LogP contribution is 2.48. The van der Waals surface area contributed by atoms with E-state index in [0.717, 1.165) is 50.9 Å². The van der Waals surface area contributed by atoms with Gasteiger partial charge in [0.1, 0.15) is 0 Å². The van der Waals surface area contributed by atoms with Gasteiger partial charge in [-0.1, -0.05) is 28.9 Å². The lowest BCUT2D eigenvalue weighted by molar-refractivity contribution is -0.123. The number of likely N-dealkylation sites (tertiary alicyclic amines) is 1. The van der Waals surface area contributed by atoms with E-state index in [1.165, 1.54) is 6.39 Å². The summed E-state index contributed by atoms with van der Waals surface area (Å²) in [5, 5.41) is 7.78. The van der Waals surface area contributed by atoms with Gasteiger partial charge in [0, 0.05) is 18.1 Å². The second-order valence-corrected chi connectivity index (χ2v) is 7.83. The molecule has 138 valence electrons. The van der Waals surface area contributed by atoms with Crippen LogP contribution in [-0.2, 0) is 16.8 Å². The van der Waals surface area contributed by atoms with Crippen molar-refractivity contribution in [3.63, 3.8) is 0 Å². The molecule has 4 rings (SSSR count). The Morgan fingerprint density at radius 2 is 2.15 bits per heavy atom. The first kappa shape index (κ1) is 17.5. The summed E-state index contributed by atoms with van der Waals surface area (Å²) >= 11 is 5.97. The highest BCUT2D eigenvalue weighted by Gasteiger charge is 2.51. The predicted octanol–water partition coefficient (Wildman–Crippen LogP) is 2.78. The van der Waals surface area contributed by atoms with Crippen molar-refractivity contribution in [3.8, 4) is 0 Å². The number of piperidine rings is 1. The number of hydrogen-bond acceptors (Lipinski definition) is 5. The van der Waals surface area contributed by atoms with Crippen LogP contribution in [0.2, 0.25) is 5.02 Å². The molecule has 1 atom stereocenters. The Bertz CT molecular complexity index is 743. The topological polar surface area (TPSA) is 71.3 Å². The number of carbonyl (C=O) groups excluding carboxylic acids is 1. The lowest BCUT2D eigenvalue weighted by Crippen LogP contribution is -2.43. The van der Waals surface area contributed by atoms with Gasteiger partial charge in [0.25, 0.3) is 0 Å². The van der Waals surface area contributed by atoms with Crippen LogP contribution in [0.1, 0.15) is 37.1 Å². The largest absolute Gasteiger partial charge is 0.355 e. The van der Waals surface area contributed by atoms with Crippen LogP contribution in [0.25, 0.3) is 0 Å². The smallest absolute Gasteiger partial charge is 0.230 e. The van der Waals surface area contributed by atoms with Crippen LogP contribution >= 0.6 is 11.6 Å². The maximum atomic E-state index is 12.8. The minimum absolute atomic E-state index is 0.148. The van der Waals surface area contributed by atoms with Gasteiger partial charge in [-0.05, 0) is 55.8 Å². The van der Waals surface area contributed by atoms with Crippen molar-refractivity contribution in [2.75, 3.05) is 19.6 Å². The molecule has 1 amide bonds. The number of rotatable bonds is 6. The average molecular weight is 375 g/mol. The summed E-state index contributed by atoms with van der Waals surface area (Å²) in [6.45, 7) is 3.41. The van der Waals surface area contributed by atoms with Crippen molar-refractivity contribution in [2.45, 2.75) is 37.6 Å². The van der Waals surface area contributed by atoms with Gasteiger partial charge in [-0.25, -0.2) is 0 Å². The van der Waals surface area contributed by atoms with Crippen LogP contribution in [0.4, 0.5) is 0 Å². The molecule has 1 saturated carbocycles. The summed E-state index contributed by atoms with van der Waals surface area (Å²) in [5.41, 5.74) is 0.727. The number of aromatic nitrogens is 2. The minimum atomic E-state index is -0.344. The molecule has 2 aromatic rings. The molecule has 26 heavy (non-hydrogen) atoms. The van der Waals surface area contributed by atoms with E-state index in [-0.39, 0.29) is 11.3 Å². The maximum absolute atomic E-state index is 12.8. The van der Waals surface area contributed by atoms with Crippen LogP contribution < -0.4 is 5.32 Å². The van der Waals surface area contributed by atoms with E-state index in [1.807, 2.05) is 24.3 Å². The van der Waals surface area contributed by atoms with Gasteiger partial charge < -0.3 is 9.84 Å². The van der Waals surface area contributed by atoms with Gasteiger partial charge >= 0.3 is 0 Å². The third-order valence-electron chi connectivity index (χ3n) is 5.51. The van der Waals surface area contributed by atoms with E-state index in [0.29, 0.717) is 23.3 Å². The Hall–Kier alpha value is -1.92. The number of hydrogen-bond donors (Lipinski definition) is 1. The number of nitrogens with zero attached hydrogens (tertiary/aromatic N) is 3. The molecule has 2 aliphatic rings. The minimum Gasteiger partial charge on any atom is -0.355 e. The van der Waals surface area contributed by atoms with Gasteiger partial charge in [0.05, 0.1) is 12.0 Å². The Balaban J connectivity index is 1.30. The lowest BCUT2D eigenvalue weighted by atomic mass is 9.93. The molecule has 0 unspecified atom stereocenters. The first-order chi connectivity index (χ1) is 12.7. The molecule has 2 fully saturated rings. The zero-order valence-corrected chi connectivity index (χ0v) is 15.4. The van der Waals surface area contributed by atoms with E-state index in [9.17, 15) is 4.79 Å². The van der Waals surface area contributed by atoms with E-state index >= 15 is 0 Å². The van der Waals surface area contributed by atoms with E-state index in [2.05, 4.69) is 20.4 Å². The highest BCUT2D eigenvalue weighted by molar-refractivity contribution is 6.30. The third kappa shape index (κ3) is 3.76. The molecular formula is C19H23ClN4O2. The van der Waals surface area contributed by atoms with Gasteiger partial charge in [-0.3, -0.25) is 9.69 Å². The van der Waals surface area contributed by atoms with Gasteiger partial charge in [0.15, 0.2) is 5.82 Å². The maximum Gasteiger partial charge on any atom is 0.230 e.